The second-order valence-corrected chi connectivity index (χ2v) is 4.33. The van der Waals surface area contributed by atoms with E-state index in [-0.39, 0.29) is 11.9 Å². The van der Waals surface area contributed by atoms with Crippen molar-refractivity contribution < 1.29 is 9.53 Å². The van der Waals surface area contributed by atoms with Crippen LogP contribution in [0.3, 0.4) is 0 Å². The van der Waals surface area contributed by atoms with Crippen LogP contribution in [0.25, 0.3) is 0 Å². The van der Waals surface area contributed by atoms with Crippen LogP contribution in [0.2, 0.25) is 0 Å². The molecule has 100 valence electrons. The third-order valence-corrected chi connectivity index (χ3v) is 2.68. The van der Waals surface area contributed by atoms with E-state index in [9.17, 15) is 4.79 Å². The summed E-state index contributed by atoms with van der Waals surface area (Å²) in [5.74, 6) is -0.0483. The fourth-order valence-electron chi connectivity index (χ4n) is 1.74. The van der Waals surface area contributed by atoms with Gasteiger partial charge in [-0.15, -0.1) is 0 Å². The standard InChI is InChI=1S/C14H22N2O2/c1-11(15-8-5-9-18-3)13-6-4-7-14(10-13)16-12(2)17/h4,6-7,10-11,15H,5,8-9H2,1-3H3,(H,16,17). The molecule has 0 radical (unpaired) electrons. The molecule has 1 amide bonds. The molecule has 0 saturated carbocycles. The van der Waals surface area contributed by atoms with E-state index in [4.69, 9.17) is 4.74 Å². The maximum Gasteiger partial charge on any atom is 0.221 e. The minimum atomic E-state index is -0.0483. The van der Waals surface area contributed by atoms with E-state index in [0.29, 0.717) is 0 Å². The summed E-state index contributed by atoms with van der Waals surface area (Å²) in [4.78, 5) is 11.0. The Labute approximate surface area is 109 Å². The largest absolute Gasteiger partial charge is 0.385 e. The summed E-state index contributed by atoms with van der Waals surface area (Å²) in [6.45, 7) is 5.31. The average molecular weight is 250 g/mol. The number of nitrogens with one attached hydrogen (secondary N) is 2. The van der Waals surface area contributed by atoms with Gasteiger partial charge in [-0.05, 0) is 37.6 Å². The monoisotopic (exact) mass is 250 g/mol. The predicted molar refractivity (Wildman–Crippen MR) is 73.7 cm³/mol. The molecule has 4 nitrogen and oxygen atoms in total. The van der Waals surface area contributed by atoms with E-state index >= 15 is 0 Å². The summed E-state index contributed by atoms with van der Waals surface area (Å²) in [5, 5.41) is 6.21. The van der Waals surface area contributed by atoms with Gasteiger partial charge in [0.1, 0.15) is 0 Å². The molecule has 0 bridgehead atoms. The van der Waals surface area contributed by atoms with Crippen LogP contribution in [0, 0.1) is 0 Å². The van der Waals surface area contributed by atoms with Crippen molar-refractivity contribution in [3.63, 3.8) is 0 Å². The van der Waals surface area contributed by atoms with Crippen molar-refractivity contribution in [3.8, 4) is 0 Å². The van der Waals surface area contributed by atoms with Gasteiger partial charge in [0.05, 0.1) is 0 Å². The first-order valence-electron chi connectivity index (χ1n) is 6.23. The van der Waals surface area contributed by atoms with E-state index in [1.165, 1.54) is 12.5 Å². The molecule has 1 unspecified atom stereocenters. The highest BCUT2D eigenvalue weighted by Crippen LogP contribution is 2.17. The average Bonchev–Trinajstić information content (AvgIpc) is 2.34. The van der Waals surface area contributed by atoms with Crippen molar-refractivity contribution >= 4 is 11.6 Å². The smallest absolute Gasteiger partial charge is 0.221 e. The normalized spacial score (nSPS) is 12.2. The van der Waals surface area contributed by atoms with Crippen molar-refractivity contribution in [1.29, 1.82) is 0 Å². The Hall–Kier alpha value is -1.39. The molecule has 0 aliphatic carbocycles. The molecule has 1 aromatic carbocycles. The number of rotatable bonds is 7. The van der Waals surface area contributed by atoms with Crippen molar-refractivity contribution in [2.45, 2.75) is 26.3 Å². The van der Waals surface area contributed by atoms with E-state index in [2.05, 4.69) is 23.6 Å². The van der Waals surface area contributed by atoms with Gasteiger partial charge in [-0.2, -0.15) is 0 Å². The van der Waals surface area contributed by atoms with Crippen LogP contribution in [0.1, 0.15) is 31.9 Å². The third kappa shape index (κ3) is 5.29. The Morgan fingerprint density at radius 1 is 1.44 bits per heavy atom. The number of methoxy groups -OCH3 is 1. The van der Waals surface area contributed by atoms with Crippen LogP contribution in [0.15, 0.2) is 24.3 Å². The first-order valence-corrected chi connectivity index (χ1v) is 6.23. The molecule has 0 heterocycles. The molecular weight excluding hydrogens is 228 g/mol. The molecule has 0 fully saturated rings. The fraction of sp³-hybridized carbons (Fsp3) is 0.500. The number of carbonyl (C=O) groups excluding carboxylic acids is 1. The number of carbonyl (C=O) groups is 1. The Kier molecular flexibility index (Phi) is 6.39. The second kappa shape index (κ2) is 7.84. The highest BCUT2D eigenvalue weighted by molar-refractivity contribution is 5.88. The van der Waals surface area contributed by atoms with Gasteiger partial charge in [0, 0.05) is 32.4 Å². The molecular formula is C14H22N2O2. The lowest BCUT2D eigenvalue weighted by molar-refractivity contribution is -0.114. The maximum atomic E-state index is 11.0. The minimum Gasteiger partial charge on any atom is -0.385 e. The lowest BCUT2D eigenvalue weighted by Gasteiger charge is -2.15. The summed E-state index contributed by atoms with van der Waals surface area (Å²) in [6.07, 6.45) is 0.992. The molecule has 0 aromatic heterocycles. The molecule has 1 rings (SSSR count). The van der Waals surface area contributed by atoms with E-state index in [1.807, 2.05) is 18.2 Å². The van der Waals surface area contributed by atoms with Crippen LogP contribution < -0.4 is 10.6 Å². The quantitative estimate of drug-likeness (QED) is 0.730. The number of amides is 1. The van der Waals surface area contributed by atoms with Gasteiger partial charge in [-0.1, -0.05) is 12.1 Å². The first-order chi connectivity index (χ1) is 8.63. The van der Waals surface area contributed by atoms with Crippen molar-refractivity contribution in [3.05, 3.63) is 29.8 Å². The van der Waals surface area contributed by atoms with Gasteiger partial charge >= 0.3 is 0 Å². The molecule has 0 aliphatic rings. The molecule has 0 saturated heterocycles. The summed E-state index contributed by atoms with van der Waals surface area (Å²) in [7, 11) is 1.71. The molecule has 0 aliphatic heterocycles. The topological polar surface area (TPSA) is 50.4 Å². The van der Waals surface area contributed by atoms with Crippen molar-refractivity contribution in [2.75, 3.05) is 25.6 Å². The molecule has 1 atom stereocenters. The number of hydrogen-bond donors (Lipinski definition) is 2. The van der Waals surface area contributed by atoms with Crippen molar-refractivity contribution in [1.82, 2.24) is 5.32 Å². The zero-order valence-corrected chi connectivity index (χ0v) is 11.3. The zero-order chi connectivity index (χ0) is 13.4. The molecule has 0 spiro atoms. The number of hydrogen-bond acceptors (Lipinski definition) is 3. The van der Waals surface area contributed by atoms with Crippen molar-refractivity contribution in [2.24, 2.45) is 0 Å². The zero-order valence-electron chi connectivity index (χ0n) is 11.3. The molecule has 2 N–H and O–H groups in total. The molecule has 1 aromatic rings. The fourth-order valence-corrected chi connectivity index (χ4v) is 1.74. The highest BCUT2D eigenvalue weighted by Gasteiger charge is 2.05. The first kappa shape index (κ1) is 14.7. The Bertz CT molecular complexity index is 380. The SMILES string of the molecule is COCCCNC(C)c1cccc(NC(C)=O)c1. The summed E-state index contributed by atoms with van der Waals surface area (Å²) in [6, 6.07) is 8.15. The van der Waals surface area contributed by atoms with Crippen LogP contribution in [-0.2, 0) is 9.53 Å². The lowest BCUT2D eigenvalue weighted by Crippen LogP contribution is -2.21. The van der Waals surface area contributed by atoms with E-state index < -0.39 is 0 Å². The second-order valence-electron chi connectivity index (χ2n) is 4.33. The van der Waals surface area contributed by atoms with E-state index in [1.54, 1.807) is 7.11 Å². The van der Waals surface area contributed by atoms with Gasteiger partial charge in [0.25, 0.3) is 0 Å². The third-order valence-electron chi connectivity index (χ3n) is 2.68. The molecule has 18 heavy (non-hydrogen) atoms. The van der Waals surface area contributed by atoms with Gasteiger partial charge in [-0.25, -0.2) is 0 Å². The Balaban J connectivity index is 2.51. The number of ether oxygens (including phenoxy) is 1. The van der Waals surface area contributed by atoms with Gasteiger partial charge in [-0.3, -0.25) is 4.79 Å². The minimum absolute atomic E-state index is 0.0483. The number of benzene rings is 1. The lowest BCUT2D eigenvalue weighted by atomic mass is 10.1. The highest BCUT2D eigenvalue weighted by atomic mass is 16.5. The summed E-state index contributed by atoms with van der Waals surface area (Å²) >= 11 is 0. The van der Waals surface area contributed by atoms with Gasteiger partial charge < -0.3 is 15.4 Å². The molecule has 4 heteroatoms. The Morgan fingerprint density at radius 3 is 2.89 bits per heavy atom. The van der Waals surface area contributed by atoms with E-state index in [0.717, 1.165) is 25.3 Å². The van der Waals surface area contributed by atoms with Crippen LogP contribution in [-0.4, -0.2) is 26.2 Å². The summed E-state index contributed by atoms with van der Waals surface area (Å²) < 4.78 is 5.00. The van der Waals surface area contributed by atoms with Gasteiger partial charge in [0.15, 0.2) is 0 Å². The van der Waals surface area contributed by atoms with Gasteiger partial charge in [0.2, 0.25) is 5.91 Å². The van der Waals surface area contributed by atoms with Crippen LogP contribution in [0.4, 0.5) is 5.69 Å². The number of anilines is 1. The predicted octanol–water partition coefficient (Wildman–Crippen LogP) is 2.33. The Morgan fingerprint density at radius 2 is 2.22 bits per heavy atom. The maximum absolute atomic E-state index is 11.0. The van der Waals surface area contributed by atoms with Crippen LogP contribution >= 0.6 is 0 Å². The summed E-state index contributed by atoms with van der Waals surface area (Å²) in [5.41, 5.74) is 2.00. The van der Waals surface area contributed by atoms with Crippen LogP contribution in [0.5, 0.6) is 0 Å².